The summed E-state index contributed by atoms with van der Waals surface area (Å²) < 4.78 is 31.8. The Morgan fingerprint density at radius 3 is 2.64 bits per heavy atom. The molecule has 0 aliphatic rings. The maximum atomic E-state index is 12.2. The highest BCUT2D eigenvalue weighted by Gasteiger charge is 2.21. The van der Waals surface area contributed by atoms with Gasteiger partial charge in [-0.3, -0.25) is 4.79 Å². The summed E-state index contributed by atoms with van der Waals surface area (Å²) in [5, 5.41) is 17.3. The zero-order chi connectivity index (χ0) is 17.9. The van der Waals surface area contributed by atoms with Gasteiger partial charge < -0.3 is 9.73 Å². The van der Waals surface area contributed by atoms with Crippen molar-refractivity contribution < 1.29 is 17.6 Å². The Hall–Kier alpha value is -2.70. The Kier molecular flexibility index (Phi) is 4.83. The third-order valence-corrected chi connectivity index (χ3v) is 5.43. The second-order valence-electron chi connectivity index (χ2n) is 4.75. The summed E-state index contributed by atoms with van der Waals surface area (Å²) in [6.45, 7) is 1.09. The van der Waals surface area contributed by atoms with Gasteiger partial charge in [-0.05, 0) is 12.1 Å². The van der Waals surface area contributed by atoms with E-state index in [9.17, 15) is 13.2 Å². The molecule has 2 heterocycles. The number of benzene rings is 1. The predicted octanol–water partition coefficient (Wildman–Crippen LogP) is 1.02. The van der Waals surface area contributed by atoms with Crippen LogP contribution >= 0.6 is 11.3 Å². The van der Waals surface area contributed by atoms with Crippen LogP contribution in [0.4, 0.5) is 5.13 Å². The van der Waals surface area contributed by atoms with Crippen LogP contribution in [-0.2, 0) is 21.4 Å². The number of amides is 1. The first-order chi connectivity index (χ1) is 11.9. The molecular formula is C13H12N6O4S2. The van der Waals surface area contributed by atoms with Crippen molar-refractivity contribution in [2.75, 3.05) is 5.32 Å². The number of carbonyl (C=O) groups is 1. The average molecular weight is 380 g/mol. The fourth-order valence-corrected chi connectivity index (χ4v) is 3.72. The van der Waals surface area contributed by atoms with Gasteiger partial charge in [-0.1, -0.05) is 29.5 Å². The molecule has 0 radical (unpaired) electrons. The van der Waals surface area contributed by atoms with Gasteiger partial charge in [-0.15, -0.1) is 20.4 Å². The lowest BCUT2D eigenvalue weighted by Gasteiger charge is -1.99. The van der Waals surface area contributed by atoms with Crippen molar-refractivity contribution in [2.45, 2.75) is 17.8 Å². The van der Waals surface area contributed by atoms with Gasteiger partial charge in [0.05, 0.1) is 6.54 Å². The lowest BCUT2D eigenvalue weighted by atomic mass is 10.2. The number of rotatable bonds is 6. The second-order valence-corrected chi connectivity index (χ2v) is 7.66. The van der Waals surface area contributed by atoms with Crippen LogP contribution < -0.4 is 10.0 Å². The molecule has 0 aliphatic heterocycles. The maximum Gasteiger partial charge on any atom is 0.270 e. The maximum absolute atomic E-state index is 12.2. The molecule has 0 spiro atoms. The minimum atomic E-state index is -3.91. The monoisotopic (exact) mass is 380 g/mol. The van der Waals surface area contributed by atoms with Crippen molar-refractivity contribution in [2.24, 2.45) is 0 Å². The predicted molar refractivity (Wildman–Crippen MR) is 88.0 cm³/mol. The van der Waals surface area contributed by atoms with Gasteiger partial charge in [0.2, 0.25) is 27.2 Å². The third kappa shape index (κ3) is 4.23. The molecule has 1 aromatic carbocycles. The zero-order valence-electron chi connectivity index (χ0n) is 12.8. The van der Waals surface area contributed by atoms with E-state index in [2.05, 4.69) is 30.4 Å². The molecule has 0 saturated carbocycles. The molecule has 3 aromatic rings. The van der Waals surface area contributed by atoms with Crippen LogP contribution in [0.3, 0.4) is 0 Å². The van der Waals surface area contributed by atoms with Crippen molar-refractivity contribution >= 4 is 32.4 Å². The standard InChI is InChI=1S/C13H12N6O4S2/c1-8(20)15-12-18-19-13(24-12)25(21,22)14-7-10-16-17-11(23-10)9-5-3-2-4-6-9/h2-6,14H,7H2,1H3,(H,15,18,20). The van der Waals surface area contributed by atoms with Crippen LogP contribution in [0.1, 0.15) is 12.8 Å². The molecule has 0 atom stereocenters. The number of sulfonamides is 1. The molecule has 1 amide bonds. The van der Waals surface area contributed by atoms with Crippen molar-refractivity contribution in [3.8, 4) is 11.5 Å². The Bertz CT molecular complexity index is 983. The highest BCUT2D eigenvalue weighted by Crippen LogP contribution is 2.20. The normalized spacial score (nSPS) is 11.4. The summed E-state index contributed by atoms with van der Waals surface area (Å²) in [5.74, 6) is 0.0278. The smallest absolute Gasteiger partial charge is 0.270 e. The van der Waals surface area contributed by atoms with Gasteiger partial charge in [0.15, 0.2) is 0 Å². The molecular weight excluding hydrogens is 368 g/mol. The molecule has 0 bridgehead atoms. The molecule has 0 unspecified atom stereocenters. The SMILES string of the molecule is CC(=O)Nc1nnc(S(=O)(=O)NCc2nnc(-c3ccccc3)o2)s1. The fourth-order valence-electron chi connectivity index (χ4n) is 1.76. The number of carbonyl (C=O) groups excluding carboxylic acids is 1. The molecule has 10 nitrogen and oxygen atoms in total. The number of hydrogen-bond acceptors (Lipinski definition) is 9. The van der Waals surface area contributed by atoms with E-state index >= 15 is 0 Å². The minimum Gasteiger partial charge on any atom is -0.419 e. The van der Waals surface area contributed by atoms with Crippen molar-refractivity contribution in [1.82, 2.24) is 25.1 Å². The molecule has 130 valence electrons. The third-order valence-electron chi connectivity index (χ3n) is 2.82. The first-order valence-corrected chi connectivity index (χ1v) is 9.22. The largest absolute Gasteiger partial charge is 0.419 e. The van der Waals surface area contributed by atoms with Crippen molar-refractivity contribution in [3.05, 3.63) is 36.2 Å². The minimum absolute atomic E-state index is 0.0945. The van der Waals surface area contributed by atoms with Gasteiger partial charge in [0, 0.05) is 12.5 Å². The van der Waals surface area contributed by atoms with Crippen LogP contribution in [0, 0.1) is 0 Å². The topological polar surface area (TPSA) is 140 Å². The molecule has 0 aliphatic carbocycles. The summed E-state index contributed by atoms with van der Waals surface area (Å²) >= 11 is 0.734. The van der Waals surface area contributed by atoms with Crippen LogP contribution in [0.2, 0.25) is 0 Å². The van der Waals surface area contributed by atoms with E-state index in [1.54, 1.807) is 12.1 Å². The first-order valence-electron chi connectivity index (χ1n) is 6.92. The number of anilines is 1. The lowest BCUT2D eigenvalue weighted by molar-refractivity contribution is -0.114. The van der Waals surface area contributed by atoms with E-state index in [4.69, 9.17) is 4.42 Å². The molecule has 0 fully saturated rings. The highest BCUT2D eigenvalue weighted by atomic mass is 32.2. The molecule has 2 N–H and O–H groups in total. The molecule has 0 saturated heterocycles. The first kappa shape index (κ1) is 17.1. The molecule has 12 heteroatoms. The van der Waals surface area contributed by atoms with Gasteiger partial charge in [0.25, 0.3) is 10.0 Å². The molecule has 25 heavy (non-hydrogen) atoms. The summed E-state index contributed by atoms with van der Waals surface area (Å²) in [5.41, 5.74) is 0.730. The Morgan fingerprint density at radius 2 is 1.92 bits per heavy atom. The van der Waals surface area contributed by atoms with Crippen LogP contribution in [-0.4, -0.2) is 34.7 Å². The van der Waals surface area contributed by atoms with Gasteiger partial charge in [-0.2, -0.15) is 4.72 Å². The summed E-state index contributed by atoms with van der Waals surface area (Å²) in [6, 6.07) is 9.10. The van der Waals surface area contributed by atoms with Crippen LogP contribution in [0.25, 0.3) is 11.5 Å². The molecule has 2 aromatic heterocycles. The van der Waals surface area contributed by atoms with E-state index in [-0.39, 0.29) is 27.8 Å². The number of nitrogens with zero attached hydrogens (tertiary/aromatic N) is 4. The van der Waals surface area contributed by atoms with Crippen molar-refractivity contribution in [1.29, 1.82) is 0 Å². The summed E-state index contributed by atoms with van der Waals surface area (Å²) in [7, 11) is -3.91. The summed E-state index contributed by atoms with van der Waals surface area (Å²) in [6.07, 6.45) is 0. The Balaban J connectivity index is 1.67. The zero-order valence-corrected chi connectivity index (χ0v) is 14.5. The summed E-state index contributed by atoms with van der Waals surface area (Å²) in [4.78, 5) is 10.9. The quantitative estimate of drug-likeness (QED) is 0.604. The highest BCUT2D eigenvalue weighted by molar-refractivity contribution is 7.91. The Labute approximate surface area is 146 Å². The average Bonchev–Trinajstić information content (AvgIpc) is 3.23. The van der Waals surface area contributed by atoms with E-state index in [0.717, 1.165) is 16.9 Å². The van der Waals surface area contributed by atoms with Crippen LogP contribution in [0.15, 0.2) is 39.1 Å². The number of hydrogen-bond donors (Lipinski definition) is 2. The van der Waals surface area contributed by atoms with Gasteiger partial charge in [0.1, 0.15) is 0 Å². The van der Waals surface area contributed by atoms with E-state index in [0.29, 0.717) is 5.89 Å². The lowest BCUT2D eigenvalue weighted by Crippen LogP contribution is -2.23. The van der Waals surface area contributed by atoms with E-state index in [1.165, 1.54) is 6.92 Å². The molecule has 3 rings (SSSR count). The van der Waals surface area contributed by atoms with Gasteiger partial charge >= 0.3 is 0 Å². The number of aromatic nitrogens is 4. The number of nitrogens with one attached hydrogen (secondary N) is 2. The van der Waals surface area contributed by atoms with E-state index in [1.807, 2.05) is 18.2 Å². The van der Waals surface area contributed by atoms with Crippen molar-refractivity contribution in [3.63, 3.8) is 0 Å². The van der Waals surface area contributed by atoms with Crippen LogP contribution in [0.5, 0.6) is 0 Å². The van der Waals surface area contributed by atoms with Gasteiger partial charge in [-0.25, -0.2) is 8.42 Å². The second kappa shape index (κ2) is 7.04. The van der Waals surface area contributed by atoms with E-state index < -0.39 is 10.0 Å². The Morgan fingerprint density at radius 1 is 1.16 bits per heavy atom. The fraction of sp³-hybridized carbons (Fsp3) is 0.154.